The fourth-order valence-electron chi connectivity index (χ4n) is 3.99. The maximum Gasteiger partial charge on any atom is 0.150 e. The molecule has 0 amide bonds. The molecule has 106 valence electrons. The smallest absolute Gasteiger partial charge is 0.150 e. The maximum absolute atomic E-state index is 11.1. The monoisotopic (exact) mass is 277 g/mol. The number of hydrogen-bond acceptors (Lipinski definition) is 2. The van der Waals surface area contributed by atoms with Crippen molar-refractivity contribution in [2.45, 2.75) is 38.1 Å². The molecule has 1 saturated carbocycles. The van der Waals surface area contributed by atoms with Crippen LogP contribution in [0, 0.1) is 6.92 Å². The first-order valence-corrected chi connectivity index (χ1v) is 7.73. The lowest BCUT2D eigenvalue weighted by Crippen LogP contribution is -2.26. The summed E-state index contributed by atoms with van der Waals surface area (Å²) in [5.74, 6) is 0.584. The molecular formula is C19H19NO. The Morgan fingerprint density at radius 1 is 1.10 bits per heavy atom. The summed E-state index contributed by atoms with van der Waals surface area (Å²) in [4.78, 5) is 13.6. The summed E-state index contributed by atoms with van der Waals surface area (Å²) in [6, 6.07) is 15.5. The molecule has 1 fully saturated rings. The third kappa shape index (κ3) is 1.90. The Hall–Kier alpha value is -2.09. The molecule has 2 aromatic rings. The third-order valence-corrected chi connectivity index (χ3v) is 4.97. The van der Waals surface area contributed by atoms with E-state index in [1.165, 1.54) is 41.8 Å². The van der Waals surface area contributed by atoms with Gasteiger partial charge in [-0.05, 0) is 55.7 Å². The van der Waals surface area contributed by atoms with Gasteiger partial charge in [0, 0.05) is 28.9 Å². The highest BCUT2D eigenvalue weighted by atomic mass is 16.1. The second kappa shape index (κ2) is 4.73. The molecule has 0 N–H and O–H groups in total. The Balaban J connectivity index is 1.85. The first kappa shape index (κ1) is 12.6. The summed E-state index contributed by atoms with van der Waals surface area (Å²) < 4.78 is 0. The molecule has 2 aromatic carbocycles. The molecule has 2 aliphatic rings. The lowest BCUT2D eigenvalue weighted by Gasteiger charge is -2.27. The fraction of sp³-hybridized carbons (Fsp3) is 0.316. The topological polar surface area (TPSA) is 20.3 Å². The minimum absolute atomic E-state index is 0.560. The quantitative estimate of drug-likeness (QED) is 0.748. The summed E-state index contributed by atoms with van der Waals surface area (Å²) in [6.45, 7) is 2.12. The van der Waals surface area contributed by atoms with Crippen molar-refractivity contribution in [3.63, 3.8) is 0 Å². The van der Waals surface area contributed by atoms with Crippen molar-refractivity contribution < 1.29 is 4.79 Å². The van der Waals surface area contributed by atoms with Crippen molar-refractivity contribution in [2.24, 2.45) is 0 Å². The molecular weight excluding hydrogens is 258 g/mol. The first-order valence-electron chi connectivity index (χ1n) is 7.73. The molecule has 1 aliphatic carbocycles. The molecule has 2 heteroatoms. The second-order valence-electron chi connectivity index (χ2n) is 6.25. The van der Waals surface area contributed by atoms with Gasteiger partial charge in [-0.15, -0.1) is 0 Å². The zero-order valence-electron chi connectivity index (χ0n) is 12.3. The van der Waals surface area contributed by atoms with E-state index < -0.39 is 0 Å². The number of aldehydes is 1. The molecule has 2 atom stereocenters. The van der Waals surface area contributed by atoms with Crippen LogP contribution in [0.15, 0.2) is 42.5 Å². The van der Waals surface area contributed by atoms with Gasteiger partial charge in [0.1, 0.15) is 6.29 Å². The van der Waals surface area contributed by atoms with Crippen LogP contribution in [0.5, 0.6) is 0 Å². The van der Waals surface area contributed by atoms with Crippen LogP contribution in [0.1, 0.15) is 46.7 Å². The van der Waals surface area contributed by atoms with Gasteiger partial charge in [-0.3, -0.25) is 4.79 Å². The summed E-state index contributed by atoms with van der Waals surface area (Å²) in [5, 5.41) is 0. The molecule has 1 heterocycles. The normalized spacial score (nSPS) is 23.0. The SMILES string of the molecule is Cc1ccc(N2c3ccc(C=O)cc3C3CCCC32)cc1. The van der Waals surface area contributed by atoms with E-state index in [9.17, 15) is 4.79 Å². The molecule has 4 rings (SSSR count). The van der Waals surface area contributed by atoms with E-state index in [1.807, 2.05) is 6.07 Å². The van der Waals surface area contributed by atoms with Crippen LogP contribution in [0.4, 0.5) is 11.4 Å². The molecule has 1 aliphatic heterocycles. The number of anilines is 2. The van der Waals surface area contributed by atoms with E-state index >= 15 is 0 Å². The van der Waals surface area contributed by atoms with Crippen molar-refractivity contribution in [1.82, 2.24) is 0 Å². The van der Waals surface area contributed by atoms with Gasteiger partial charge in [-0.25, -0.2) is 0 Å². The molecule has 0 saturated heterocycles. The van der Waals surface area contributed by atoms with Gasteiger partial charge in [0.05, 0.1) is 0 Å². The summed E-state index contributed by atoms with van der Waals surface area (Å²) in [5.41, 5.74) is 6.01. The number of aryl methyl sites for hydroxylation is 1. The minimum atomic E-state index is 0.560. The molecule has 0 radical (unpaired) electrons. The Bertz CT molecular complexity index is 689. The number of nitrogens with zero attached hydrogens (tertiary/aromatic N) is 1. The zero-order chi connectivity index (χ0) is 14.4. The van der Waals surface area contributed by atoms with Crippen LogP contribution >= 0.6 is 0 Å². The molecule has 2 unspecified atom stereocenters. The number of carbonyl (C=O) groups is 1. The maximum atomic E-state index is 11.1. The van der Waals surface area contributed by atoms with E-state index in [0.717, 1.165) is 11.8 Å². The van der Waals surface area contributed by atoms with E-state index in [-0.39, 0.29) is 0 Å². The molecule has 21 heavy (non-hydrogen) atoms. The fourth-order valence-corrected chi connectivity index (χ4v) is 3.99. The van der Waals surface area contributed by atoms with Crippen LogP contribution in [0.2, 0.25) is 0 Å². The third-order valence-electron chi connectivity index (χ3n) is 4.97. The Morgan fingerprint density at radius 2 is 1.90 bits per heavy atom. The van der Waals surface area contributed by atoms with Crippen molar-refractivity contribution in [3.8, 4) is 0 Å². The zero-order valence-corrected chi connectivity index (χ0v) is 12.3. The van der Waals surface area contributed by atoms with Crippen LogP contribution in [0.25, 0.3) is 0 Å². The average molecular weight is 277 g/mol. The predicted octanol–water partition coefficient (Wildman–Crippen LogP) is 4.60. The van der Waals surface area contributed by atoms with Gasteiger partial charge >= 0.3 is 0 Å². The molecule has 0 bridgehead atoms. The first-order chi connectivity index (χ1) is 10.3. The van der Waals surface area contributed by atoms with Gasteiger partial charge in [0.15, 0.2) is 0 Å². The van der Waals surface area contributed by atoms with Gasteiger partial charge < -0.3 is 4.90 Å². The van der Waals surface area contributed by atoms with Gasteiger partial charge in [0.2, 0.25) is 0 Å². The standard InChI is InChI=1S/C19H19NO/c1-13-5-8-15(9-6-13)20-18-4-2-3-16(18)17-11-14(12-21)7-10-19(17)20/h5-12,16,18H,2-4H2,1H3. The summed E-state index contributed by atoms with van der Waals surface area (Å²) in [6.07, 6.45) is 4.72. The van der Waals surface area contributed by atoms with Crippen LogP contribution in [-0.2, 0) is 0 Å². The molecule has 0 spiro atoms. The van der Waals surface area contributed by atoms with Crippen LogP contribution in [0.3, 0.4) is 0 Å². The summed E-state index contributed by atoms with van der Waals surface area (Å²) >= 11 is 0. The number of fused-ring (bicyclic) bond motifs is 3. The van der Waals surface area contributed by atoms with Crippen molar-refractivity contribution in [1.29, 1.82) is 0 Å². The van der Waals surface area contributed by atoms with Crippen molar-refractivity contribution >= 4 is 17.7 Å². The van der Waals surface area contributed by atoms with Crippen molar-refractivity contribution in [3.05, 3.63) is 59.2 Å². The second-order valence-corrected chi connectivity index (χ2v) is 6.25. The van der Waals surface area contributed by atoms with Crippen LogP contribution < -0.4 is 4.90 Å². The van der Waals surface area contributed by atoms with E-state index in [2.05, 4.69) is 48.2 Å². The number of hydrogen-bond donors (Lipinski definition) is 0. The van der Waals surface area contributed by atoms with E-state index in [1.54, 1.807) is 0 Å². The van der Waals surface area contributed by atoms with E-state index in [0.29, 0.717) is 12.0 Å². The number of carbonyl (C=O) groups excluding carboxylic acids is 1. The predicted molar refractivity (Wildman–Crippen MR) is 85.5 cm³/mol. The lowest BCUT2D eigenvalue weighted by molar-refractivity contribution is 0.112. The average Bonchev–Trinajstić information content (AvgIpc) is 3.08. The Labute approximate surface area is 125 Å². The van der Waals surface area contributed by atoms with Crippen LogP contribution in [-0.4, -0.2) is 12.3 Å². The Morgan fingerprint density at radius 3 is 2.67 bits per heavy atom. The number of benzene rings is 2. The largest absolute Gasteiger partial charge is 0.338 e. The van der Waals surface area contributed by atoms with Gasteiger partial charge in [0.25, 0.3) is 0 Å². The van der Waals surface area contributed by atoms with Crippen molar-refractivity contribution in [2.75, 3.05) is 4.90 Å². The highest BCUT2D eigenvalue weighted by molar-refractivity contribution is 5.80. The minimum Gasteiger partial charge on any atom is -0.338 e. The van der Waals surface area contributed by atoms with Gasteiger partial charge in [-0.2, -0.15) is 0 Å². The Kier molecular flexibility index (Phi) is 2.85. The molecule has 2 nitrogen and oxygen atoms in total. The molecule has 0 aromatic heterocycles. The number of rotatable bonds is 2. The summed E-state index contributed by atoms with van der Waals surface area (Å²) in [7, 11) is 0. The van der Waals surface area contributed by atoms with E-state index in [4.69, 9.17) is 0 Å². The van der Waals surface area contributed by atoms with Gasteiger partial charge in [-0.1, -0.05) is 24.1 Å². The highest BCUT2D eigenvalue weighted by Crippen LogP contribution is 2.52. The highest BCUT2D eigenvalue weighted by Gasteiger charge is 2.41. The lowest BCUT2D eigenvalue weighted by atomic mass is 9.96.